The normalized spacial score (nSPS) is 18.4. The predicted molar refractivity (Wildman–Crippen MR) is 62.9 cm³/mol. The molecule has 0 aliphatic carbocycles. The van der Waals surface area contributed by atoms with Gasteiger partial charge >= 0.3 is 0 Å². The fraction of sp³-hybridized carbons (Fsp3) is 0.538. The lowest BCUT2D eigenvalue weighted by molar-refractivity contribution is 0.274. The first-order valence-electron chi connectivity index (χ1n) is 6.03. The molecule has 0 amide bonds. The monoisotopic (exact) mass is 219 g/mol. The highest BCUT2D eigenvalue weighted by molar-refractivity contribution is 5.68. The highest BCUT2D eigenvalue weighted by Gasteiger charge is 2.27. The Morgan fingerprint density at radius 2 is 1.94 bits per heavy atom. The molecular formula is C13H17NO2. The molecule has 3 rings (SSSR count). The predicted octanol–water partition coefficient (Wildman–Crippen LogP) is 1.58. The van der Waals surface area contributed by atoms with Gasteiger partial charge in [0.2, 0.25) is 0 Å². The molecule has 0 radical (unpaired) electrons. The molecule has 2 N–H and O–H groups in total. The van der Waals surface area contributed by atoms with Gasteiger partial charge in [-0.1, -0.05) is 0 Å². The molecule has 3 nitrogen and oxygen atoms in total. The van der Waals surface area contributed by atoms with Crippen LogP contribution in [0.25, 0.3) is 0 Å². The zero-order valence-electron chi connectivity index (χ0n) is 9.37. The fourth-order valence-electron chi connectivity index (χ4n) is 3.03. The molecule has 3 heteroatoms. The first-order chi connectivity index (χ1) is 7.81. The lowest BCUT2D eigenvalue weighted by atomic mass is 9.89. The number of nitrogens with zero attached hydrogens (tertiary/aromatic N) is 1. The number of phenols is 1. The van der Waals surface area contributed by atoms with Gasteiger partial charge in [0.1, 0.15) is 5.75 Å². The minimum Gasteiger partial charge on any atom is -0.507 e. The molecule has 0 aromatic heterocycles. The van der Waals surface area contributed by atoms with Crippen molar-refractivity contribution in [2.24, 2.45) is 0 Å². The summed E-state index contributed by atoms with van der Waals surface area (Å²) in [5, 5.41) is 19.4. The Hall–Kier alpha value is -1.22. The fourth-order valence-corrected chi connectivity index (χ4v) is 3.03. The topological polar surface area (TPSA) is 43.7 Å². The summed E-state index contributed by atoms with van der Waals surface area (Å²) in [4.78, 5) is 2.39. The molecule has 0 unspecified atom stereocenters. The van der Waals surface area contributed by atoms with Crippen LogP contribution in [0, 0.1) is 0 Å². The van der Waals surface area contributed by atoms with Crippen molar-refractivity contribution in [2.45, 2.75) is 32.3 Å². The first kappa shape index (κ1) is 9.97. The molecule has 1 aromatic carbocycles. The van der Waals surface area contributed by atoms with E-state index in [-0.39, 0.29) is 6.61 Å². The van der Waals surface area contributed by atoms with Crippen LogP contribution < -0.4 is 4.90 Å². The number of aromatic hydroxyl groups is 1. The average molecular weight is 219 g/mol. The van der Waals surface area contributed by atoms with Crippen molar-refractivity contribution in [3.8, 4) is 5.75 Å². The van der Waals surface area contributed by atoms with Crippen molar-refractivity contribution in [2.75, 3.05) is 18.0 Å². The largest absolute Gasteiger partial charge is 0.507 e. The number of hydrogen-bond acceptors (Lipinski definition) is 3. The number of hydrogen-bond donors (Lipinski definition) is 2. The Balaban J connectivity index is 2.22. The minimum atomic E-state index is -0.0634. The number of benzene rings is 1. The molecule has 0 saturated heterocycles. The van der Waals surface area contributed by atoms with Gasteiger partial charge in [0.05, 0.1) is 6.61 Å². The number of anilines is 1. The molecule has 86 valence electrons. The molecule has 0 saturated carbocycles. The van der Waals surface area contributed by atoms with Crippen LogP contribution >= 0.6 is 0 Å². The highest BCUT2D eigenvalue weighted by atomic mass is 16.3. The molecule has 1 aromatic rings. The second kappa shape index (κ2) is 3.67. The van der Waals surface area contributed by atoms with Gasteiger partial charge < -0.3 is 15.1 Å². The lowest BCUT2D eigenvalue weighted by Crippen LogP contribution is -2.34. The van der Waals surface area contributed by atoms with Gasteiger partial charge in [0, 0.05) is 29.9 Å². The van der Waals surface area contributed by atoms with Crippen LogP contribution in [0.3, 0.4) is 0 Å². The summed E-state index contributed by atoms with van der Waals surface area (Å²) < 4.78 is 0. The van der Waals surface area contributed by atoms with Crippen LogP contribution in [-0.4, -0.2) is 23.3 Å². The molecule has 0 atom stereocenters. The summed E-state index contributed by atoms with van der Waals surface area (Å²) in [6.07, 6.45) is 4.31. The van der Waals surface area contributed by atoms with Gasteiger partial charge in [-0.3, -0.25) is 0 Å². The van der Waals surface area contributed by atoms with Gasteiger partial charge in [-0.25, -0.2) is 0 Å². The summed E-state index contributed by atoms with van der Waals surface area (Å²) in [7, 11) is 0. The van der Waals surface area contributed by atoms with Crippen LogP contribution in [0.1, 0.15) is 29.5 Å². The molecule has 2 aliphatic heterocycles. The second-order valence-corrected chi connectivity index (χ2v) is 4.72. The smallest absolute Gasteiger partial charge is 0.126 e. The van der Waals surface area contributed by atoms with Crippen molar-refractivity contribution in [3.05, 3.63) is 22.8 Å². The maximum absolute atomic E-state index is 10.1. The van der Waals surface area contributed by atoms with Crippen LogP contribution in [0.2, 0.25) is 0 Å². The van der Waals surface area contributed by atoms with Crippen molar-refractivity contribution in [3.63, 3.8) is 0 Å². The maximum Gasteiger partial charge on any atom is 0.126 e. The lowest BCUT2D eigenvalue weighted by Gasteiger charge is -2.37. The van der Waals surface area contributed by atoms with E-state index in [1.54, 1.807) is 0 Å². The number of aliphatic hydroxyl groups is 1. The van der Waals surface area contributed by atoms with E-state index in [0.717, 1.165) is 37.9 Å². The van der Waals surface area contributed by atoms with E-state index in [0.29, 0.717) is 11.3 Å². The molecule has 16 heavy (non-hydrogen) atoms. The molecule has 0 spiro atoms. The standard InChI is InChI=1S/C13H17NO2/c15-8-10-7-9-3-1-5-14-6-2-4-11(12(9)14)13(10)16/h7,15-16H,1-6,8H2. The third kappa shape index (κ3) is 1.31. The van der Waals surface area contributed by atoms with E-state index in [1.807, 2.05) is 6.07 Å². The van der Waals surface area contributed by atoms with Gasteiger partial charge in [0.15, 0.2) is 0 Å². The summed E-state index contributed by atoms with van der Waals surface area (Å²) >= 11 is 0. The zero-order chi connectivity index (χ0) is 11.1. The highest BCUT2D eigenvalue weighted by Crippen LogP contribution is 2.41. The van der Waals surface area contributed by atoms with Crippen LogP contribution in [0.4, 0.5) is 5.69 Å². The van der Waals surface area contributed by atoms with Crippen molar-refractivity contribution in [1.82, 2.24) is 0 Å². The summed E-state index contributed by atoms with van der Waals surface area (Å²) in [5.41, 5.74) is 4.32. The van der Waals surface area contributed by atoms with Gasteiger partial charge in [-0.2, -0.15) is 0 Å². The van der Waals surface area contributed by atoms with E-state index in [2.05, 4.69) is 4.90 Å². The van der Waals surface area contributed by atoms with Gasteiger partial charge in [0.25, 0.3) is 0 Å². The first-order valence-corrected chi connectivity index (χ1v) is 6.03. The Morgan fingerprint density at radius 1 is 1.19 bits per heavy atom. The quantitative estimate of drug-likeness (QED) is 0.753. The second-order valence-electron chi connectivity index (χ2n) is 4.72. The van der Waals surface area contributed by atoms with Crippen molar-refractivity contribution < 1.29 is 10.2 Å². The molecular weight excluding hydrogens is 202 g/mol. The Bertz CT molecular complexity index is 426. The van der Waals surface area contributed by atoms with Crippen LogP contribution in [0.5, 0.6) is 5.75 Å². The minimum absolute atomic E-state index is 0.0634. The van der Waals surface area contributed by atoms with Crippen molar-refractivity contribution in [1.29, 1.82) is 0 Å². The van der Waals surface area contributed by atoms with Gasteiger partial charge in [-0.05, 0) is 37.3 Å². The van der Waals surface area contributed by atoms with E-state index in [1.165, 1.54) is 17.7 Å². The summed E-state index contributed by atoms with van der Waals surface area (Å²) in [6.45, 7) is 2.15. The Morgan fingerprint density at radius 3 is 2.69 bits per heavy atom. The SMILES string of the molecule is OCc1cc2c3c(c1O)CCCN3CCC2. The number of aryl methyl sites for hydroxylation is 1. The number of aliphatic hydroxyl groups excluding tert-OH is 1. The molecule has 0 fully saturated rings. The average Bonchev–Trinajstić information content (AvgIpc) is 2.33. The third-order valence-electron chi connectivity index (χ3n) is 3.74. The van der Waals surface area contributed by atoms with E-state index in [4.69, 9.17) is 0 Å². The summed E-state index contributed by atoms with van der Waals surface area (Å²) in [5.74, 6) is 0.327. The van der Waals surface area contributed by atoms with Crippen LogP contribution in [0.15, 0.2) is 6.07 Å². The molecule has 2 aliphatic rings. The molecule has 0 bridgehead atoms. The maximum atomic E-state index is 10.1. The van der Waals surface area contributed by atoms with Crippen molar-refractivity contribution >= 4 is 5.69 Å². The molecule has 2 heterocycles. The van der Waals surface area contributed by atoms with E-state index >= 15 is 0 Å². The van der Waals surface area contributed by atoms with Crippen LogP contribution in [-0.2, 0) is 19.4 Å². The van der Waals surface area contributed by atoms with Gasteiger partial charge in [-0.15, -0.1) is 0 Å². The van der Waals surface area contributed by atoms with E-state index in [9.17, 15) is 10.2 Å². The zero-order valence-corrected chi connectivity index (χ0v) is 9.37. The number of rotatable bonds is 1. The Labute approximate surface area is 95.3 Å². The van der Waals surface area contributed by atoms with E-state index < -0.39 is 0 Å². The Kier molecular flexibility index (Phi) is 2.28. The third-order valence-corrected chi connectivity index (χ3v) is 3.74. The summed E-state index contributed by atoms with van der Waals surface area (Å²) in [6, 6.07) is 1.98.